The van der Waals surface area contributed by atoms with E-state index in [0.717, 1.165) is 10.2 Å². The molecule has 0 aromatic heterocycles. The fourth-order valence-electron chi connectivity index (χ4n) is 1.81. The van der Waals surface area contributed by atoms with Crippen molar-refractivity contribution in [2.75, 3.05) is 11.9 Å². The lowest BCUT2D eigenvalue weighted by molar-refractivity contribution is 0.674. The zero-order chi connectivity index (χ0) is 10.8. The third-order valence-corrected chi connectivity index (χ3v) is 3.52. The third kappa shape index (κ3) is 2.15. The lowest BCUT2D eigenvalue weighted by atomic mass is 10.1. The van der Waals surface area contributed by atoms with Crippen LogP contribution in [0, 0.1) is 17.2 Å². The first kappa shape index (κ1) is 10.5. The Morgan fingerprint density at radius 3 is 2.67 bits per heavy atom. The highest BCUT2D eigenvalue weighted by molar-refractivity contribution is 9.10. The van der Waals surface area contributed by atoms with E-state index in [0.29, 0.717) is 5.92 Å². The maximum atomic E-state index is 9.15. The van der Waals surface area contributed by atoms with Crippen molar-refractivity contribution in [1.82, 2.24) is 0 Å². The predicted octanol–water partition coefficient (Wildman–Crippen LogP) is 3.19. The van der Waals surface area contributed by atoms with Gasteiger partial charge in [0.15, 0.2) is 0 Å². The molecule has 2 nitrogen and oxygen atoms in total. The fraction of sp³-hybridized carbons (Fsp3) is 0.417. The first-order valence-electron chi connectivity index (χ1n) is 5.11. The van der Waals surface area contributed by atoms with Crippen LogP contribution in [-0.4, -0.2) is 13.1 Å². The van der Waals surface area contributed by atoms with E-state index >= 15 is 0 Å². The molecular weight excluding hydrogens is 252 g/mol. The molecule has 15 heavy (non-hydrogen) atoms. The molecule has 0 N–H and O–H groups in total. The van der Waals surface area contributed by atoms with Crippen molar-refractivity contribution >= 4 is 21.6 Å². The normalized spacial score (nSPS) is 16.9. The van der Waals surface area contributed by atoms with Crippen LogP contribution >= 0.6 is 15.9 Å². The molecule has 2 rings (SSSR count). The van der Waals surface area contributed by atoms with Crippen LogP contribution < -0.4 is 4.90 Å². The van der Waals surface area contributed by atoms with Gasteiger partial charge in [-0.25, -0.2) is 0 Å². The summed E-state index contributed by atoms with van der Waals surface area (Å²) < 4.78 is 1.05. The summed E-state index contributed by atoms with van der Waals surface area (Å²) in [6.45, 7) is 0. The molecule has 0 saturated heterocycles. The first-order chi connectivity index (χ1) is 7.24. The van der Waals surface area contributed by atoms with E-state index in [-0.39, 0.29) is 6.04 Å². The number of hydrogen-bond donors (Lipinski definition) is 0. The number of nitrogens with zero attached hydrogens (tertiary/aromatic N) is 2. The number of para-hydroxylation sites is 1. The molecule has 0 heterocycles. The van der Waals surface area contributed by atoms with Gasteiger partial charge in [-0.3, -0.25) is 0 Å². The van der Waals surface area contributed by atoms with E-state index < -0.39 is 0 Å². The van der Waals surface area contributed by atoms with Crippen LogP contribution in [0.1, 0.15) is 12.8 Å². The number of rotatable bonds is 3. The van der Waals surface area contributed by atoms with Crippen LogP contribution in [-0.2, 0) is 0 Å². The Morgan fingerprint density at radius 2 is 2.13 bits per heavy atom. The van der Waals surface area contributed by atoms with Gasteiger partial charge in [-0.1, -0.05) is 12.1 Å². The van der Waals surface area contributed by atoms with Crippen LogP contribution in [0.15, 0.2) is 28.7 Å². The SMILES string of the molecule is CN(c1ccccc1Br)C(C#N)C1CC1. The summed E-state index contributed by atoms with van der Waals surface area (Å²) in [4.78, 5) is 2.07. The summed E-state index contributed by atoms with van der Waals surface area (Å²) in [5.74, 6) is 0.562. The van der Waals surface area contributed by atoms with Crippen LogP contribution in [0.5, 0.6) is 0 Å². The zero-order valence-corrected chi connectivity index (χ0v) is 10.2. The van der Waals surface area contributed by atoms with E-state index in [4.69, 9.17) is 5.26 Å². The van der Waals surface area contributed by atoms with Crippen molar-refractivity contribution in [3.8, 4) is 6.07 Å². The van der Waals surface area contributed by atoms with Gasteiger partial charge in [0.2, 0.25) is 0 Å². The average Bonchev–Trinajstić information content (AvgIpc) is 3.03. The first-order valence-corrected chi connectivity index (χ1v) is 5.90. The molecule has 1 aromatic rings. The summed E-state index contributed by atoms with van der Waals surface area (Å²) >= 11 is 3.51. The maximum Gasteiger partial charge on any atom is 0.119 e. The molecule has 0 bridgehead atoms. The molecule has 3 heteroatoms. The summed E-state index contributed by atoms with van der Waals surface area (Å²) in [5, 5.41) is 9.15. The van der Waals surface area contributed by atoms with Gasteiger partial charge in [-0.15, -0.1) is 0 Å². The van der Waals surface area contributed by atoms with Gasteiger partial charge in [0, 0.05) is 11.5 Å². The second kappa shape index (κ2) is 4.24. The summed E-state index contributed by atoms with van der Waals surface area (Å²) in [5.41, 5.74) is 1.09. The highest BCUT2D eigenvalue weighted by atomic mass is 79.9. The summed E-state index contributed by atoms with van der Waals surface area (Å²) in [6.07, 6.45) is 2.38. The lowest BCUT2D eigenvalue weighted by Gasteiger charge is -2.25. The van der Waals surface area contributed by atoms with Crippen LogP contribution in [0.3, 0.4) is 0 Å². The Bertz CT molecular complexity index is 393. The molecule has 0 aliphatic heterocycles. The van der Waals surface area contributed by atoms with E-state index in [1.807, 2.05) is 31.3 Å². The third-order valence-electron chi connectivity index (χ3n) is 2.85. The highest BCUT2D eigenvalue weighted by Crippen LogP contribution is 2.37. The molecule has 1 saturated carbocycles. The minimum absolute atomic E-state index is 0.0173. The molecule has 1 atom stereocenters. The Balaban J connectivity index is 2.23. The molecule has 0 spiro atoms. The monoisotopic (exact) mass is 264 g/mol. The Morgan fingerprint density at radius 1 is 1.47 bits per heavy atom. The fourth-order valence-corrected chi connectivity index (χ4v) is 2.37. The second-order valence-electron chi connectivity index (χ2n) is 3.97. The van der Waals surface area contributed by atoms with Gasteiger partial charge in [0.1, 0.15) is 6.04 Å². The van der Waals surface area contributed by atoms with Crippen molar-refractivity contribution in [1.29, 1.82) is 5.26 Å². The molecule has 1 aliphatic carbocycles. The van der Waals surface area contributed by atoms with E-state index in [2.05, 4.69) is 26.9 Å². The van der Waals surface area contributed by atoms with Crippen LogP contribution in [0.25, 0.3) is 0 Å². The van der Waals surface area contributed by atoms with E-state index in [9.17, 15) is 0 Å². The van der Waals surface area contributed by atoms with Crippen molar-refractivity contribution < 1.29 is 0 Å². The molecule has 0 amide bonds. The number of nitriles is 1. The van der Waals surface area contributed by atoms with Gasteiger partial charge in [0.25, 0.3) is 0 Å². The van der Waals surface area contributed by atoms with Crippen molar-refractivity contribution in [3.05, 3.63) is 28.7 Å². The zero-order valence-electron chi connectivity index (χ0n) is 8.65. The molecule has 78 valence electrons. The number of anilines is 1. The Kier molecular flexibility index (Phi) is 2.97. The molecule has 1 unspecified atom stereocenters. The molecule has 1 fully saturated rings. The van der Waals surface area contributed by atoms with E-state index in [1.54, 1.807) is 0 Å². The summed E-state index contributed by atoms with van der Waals surface area (Å²) in [6, 6.07) is 10.4. The topological polar surface area (TPSA) is 27.0 Å². The number of hydrogen-bond acceptors (Lipinski definition) is 2. The quantitative estimate of drug-likeness (QED) is 0.839. The molecule has 1 aliphatic rings. The van der Waals surface area contributed by atoms with Crippen molar-refractivity contribution in [2.45, 2.75) is 18.9 Å². The number of halogens is 1. The highest BCUT2D eigenvalue weighted by Gasteiger charge is 2.34. The van der Waals surface area contributed by atoms with Gasteiger partial charge in [0.05, 0.1) is 11.8 Å². The minimum atomic E-state index is 0.0173. The lowest BCUT2D eigenvalue weighted by Crippen LogP contribution is -2.32. The maximum absolute atomic E-state index is 9.15. The largest absolute Gasteiger partial charge is 0.358 e. The Labute approximate surface area is 98.6 Å². The average molecular weight is 265 g/mol. The Hall–Kier alpha value is -1.01. The van der Waals surface area contributed by atoms with E-state index in [1.165, 1.54) is 12.8 Å². The van der Waals surface area contributed by atoms with Crippen LogP contribution in [0.4, 0.5) is 5.69 Å². The van der Waals surface area contributed by atoms with Gasteiger partial charge in [-0.2, -0.15) is 5.26 Å². The predicted molar refractivity (Wildman–Crippen MR) is 64.7 cm³/mol. The van der Waals surface area contributed by atoms with Gasteiger partial charge < -0.3 is 4.90 Å². The number of benzene rings is 1. The van der Waals surface area contributed by atoms with Gasteiger partial charge >= 0.3 is 0 Å². The summed E-state index contributed by atoms with van der Waals surface area (Å²) in [7, 11) is 1.99. The van der Waals surface area contributed by atoms with Crippen molar-refractivity contribution in [3.63, 3.8) is 0 Å². The molecular formula is C12H13BrN2. The van der Waals surface area contributed by atoms with Crippen molar-refractivity contribution in [2.24, 2.45) is 5.92 Å². The standard InChI is InChI=1S/C12H13BrN2/c1-15(12(8-14)9-6-7-9)11-5-3-2-4-10(11)13/h2-5,9,12H,6-7H2,1H3. The van der Waals surface area contributed by atoms with Crippen LogP contribution in [0.2, 0.25) is 0 Å². The van der Waals surface area contributed by atoms with Gasteiger partial charge in [-0.05, 0) is 46.8 Å². The molecule has 0 radical (unpaired) electrons. The smallest absolute Gasteiger partial charge is 0.119 e. The second-order valence-corrected chi connectivity index (χ2v) is 4.83. The minimum Gasteiger partial charge on any atom is -0.358 e. The molecule has 1 aromatic carbocycles.